The van der Waals surface area contributed by atoms with Gasteiger partial charge in [-0.2, -0.15) is 18.3 Å². The summed E-state index contributed by atoms with van der Waals surface area (Å²) in [5, 5.41) is 11.6. The summed E-state index contributed by atoms with van der Waals surface area (Å²) in [7, 11) is 5.68. The van der Waals surface area contributed by atoms with Gasteiger partial charge in [0.2, 0.25) is 11.9 Å². The van der Waals surface area contributed by atoms with Crippen molar-refractivity contribution in [2.24, 2.45) is 7.05 Å². The smallest absolute Gasteiger partial charge is 0.383 e. The van der Waals surface area contributed by atoms with Crippen LogP contribution in [0.25, 0.3) is 22.2 Å². The van der Waals surface area contributed by atoms with Crippen LogP contribution in [0.5, 0.6) is 0 Å². The molecule has 1 fully saturated rings. The van der Waals surface area contributed by atoms with E-state index in [9.17, 15) is 18.0 Å². The number of fused-ring (bicyclic) bond motifs is 1. The fourth-order valence-electron chi connectivity index (χ4n) is 6.00. The first kappa shape index (κ1) is 32.4. The molecule has 12 heteroatoms. The van der Waals surface area contributed by atoms with Crippen LogP contribution in [0.15, 0.2) is 48.7 Å². The predicted molar refractivity (Wildman–Crippen MR) is 169 cm³/mol. The summed E-state index contributed by atoms with van der Waals surface area (Å²) in [4.78, 5) is 24.6. The quantitative estimate of drug-likeness (QED) is 0.209. The highest BCUT2D eigenvalue weighted by molar-refractivity contribution is 5.92. The van der Waals surface area contributed by atoms with E-state index in [1.54, 1.807) is 24.9 Å². The number of hydrogen-bond donors (Lipinski definition) is 2. The lowest BCUT2D eigenvalue weighted by Gasteiger charge is -2.34. The number of carbonyl (C=O) groups is 1. The Balaban J connectivity index is 1.26. The molecule has 1 aliphatic carbocycles. The number of aromatic nitrogens is 4. The summed E-state index contributed by atoms with van der Waals surface area (Å²) in [6, 6.07) is 11.5. The molecule has 240 valence electrons. The molecule has 0 radical (unpaired) electrons. The Morgan fingerprint density at radius 2 is 1.91 bits per heavy atom. The van der Waals surface area contributed by atoms with Gasteiger partial charge < -0.3 is 20.3 Å². The van der Waals surface area contributed by atoms with E-state index in [1.165, 1.54) is 12.1 Å². The highest BCUT2D eigenvalue weighted by Crippen LogP contribution is 2.31. The Morgan fingerprint density at radius 3 is 2.62 bits per heavy atom. The van der Waals surface area contributed by atoms with E-state index in [1.807, 2.05) is 12.3 Å². The lowest BCUT2D eigenvalue weighted by atomic mass is 9.90. The van der Waals surface area contributed by atoms with Gasteiger partial charge in [0.15, 0.2) is 5.82 Å². The summed E-state index contributed by atoms with van der Waals surface area (Å²) < 4.78 is 46.1. The van der Waals surface area contributed by atoms with Crippen LogP contribution in [0.1, 0.15) is 49.3 Å². The lowest BCUT2D eigenvalue weighted by Crippen LogP contribution is -2.39. The molecule has 0 unspecified atom stereocenters. The number of aryl methyl sites for hydroxylation is 2. The normalized spacial score (nSPS) is 17.2. The molecule has 2 N–H and O–H groups in total. The minimum atomic E-state index is -4.47. The minimum Gasteiger partial charge on any atom is -0.383 e. The summed E-state index contributed by atoms with van der Waals surface area (Å²) in [6.45, 7) is 3.76. The van der Waals surface area contributed by atoms with Crippen LogP contribution in [0.3, 0.4) is 0 Å². The molecule has 1 aliphatic rings. The molecule has 4 aromatic rings. The van der Waals surface area contributed by atoms with Gasteiger partial charge in [-0.3, -0.25) is 9.48 Å². The number of nitrogens with one attached hydrogen (secondary N) is 2. The number of anilines is 2. The van der Waals surface area contributed by atoms with E-state index in [0.29, 0.717) is 23.8 Å². The number of alkyl halides is 3. The van der Waals surface area contributed by atoms with Crippen LogP contribution in [0, 0.1) is 0 Å². The third-order valence-corrected chi connectivity index (χ3v) is 8.51. The van der Waals surface area contributed by atoms with Crippen LogP contribution in [-0.2, 0) is 35.6 Å². The molecule has 0 bridgehead atoms. The van der Waals surface area contributed by atoms with Crippen molar-refractivity contribution in [1.29, 1.82) is 0 Å². The van der Waals surface area contributed by atoms with Crippen LogP contribution >= 0.6 is 0 Å². The van der Waals surface area contributed by atoms with Crippen LogP contribution in [0.4, 0.5) is 24.9 Å². The van der Waals surface area contributed by atoms with Crippen molar-refractivity contribution in [2.75, 3.05) is 37.9 Å². The lowest BCUT2D eigenvalue weighted by molar-refractivity contribution is -0.137. The Kier molecular flexibility index (Phi) is 10.0. The number of benzene rings is 2. The van der Waals surface area contributed by atoms with Gasteiger partial charge in [-0.1, -0.05) is 25.1 Å². The maximum absolute atomic E-state index is 13.1. The fourth-order valence-corrected chi connectivity index (χ4v) is 6.00. The summed E-state index contributed by atoms with van der Waals surface area (Å²) in [6.07, 6.45) is 2.28. The third-order valence-electron chi connectivity index (χ3n) is 8.51. The molecule has 1 saturated carbocycles. The summed E-state index contributed by atoms with van der Waals surface area (Å²) in [5.74, 6) is 0.497. The van der Waals surface area contributed by atoms with E-state index >= 15 is 0 Å². The van der Waals surface area contributed by atoms with Gasteiger partial charge >= 0.3 is 6.18 Å². The second-order valence-electron chi connectivity index (χ2n) is 11.7. The topological polar surface area (TPSA) is 97.2 Å². The largest absolute Gasteiger partial charge is 0.416 e. The molecule has 0 spiro atoms. The summed E-state index contributed by atoms with van der Waals surface area (Å²) >= 11 is 0. The number of methoxy groups -OCH3 is 1. The Labute approximate surface area is 261 Å². The zero-order chi connectivity index (χ0) is 32.1. The van der Waals surface area contributed by atoms with Crippen LogP contribution in [-0.4, -0.2) is 69.9 Å². The number of likely N-dealkylation sites (N-methyl/N-ethyl adjacent to an activating group) is 1. The first-order valence-electron chi connectivity index (χ1n) is 15.3. The first-order chi connectivity index (χ1) is 21.5. The highest BCUT2D eigenvalue weighted by Gasteiger charge is 2.30. The monoisotopic (exact) mass is 623 g/mol. The fraction of sp³-hybridized carbons (Fsp3) is 0.455. The molecule has 0 atom stereocenters. The average Bonchev–Trinajstić information content (AvgIpc) is 3.38. The summed E-state index contributed by atoms with van der Waals surface area (Å²) in [5.41, 5.74) is 3.11. The number of nitrogens with zero attached hydrogens (tertiary/aromatic N) is 5. The Hall–Kier alpha value is -4.03. The SMILES string of the molecule is CCc1cc(-c2cc(NC(=O)Cc3cccc(C(F)(F)F)c3)nn2C)cc2cnc(NC3CCC(N(C)CCOC)CC3)nc12. The molecule has 9 nitrogen and oxygen atoms in total. The average molecular weight is 624 g/mol. The Morgan fingerprint density at radius 1 is 1.13 bits per heavy atom. The molecule has 2 heterocycles. The molecule has 2 aromatic carbocycles. The van der Waals surface area contributed by atoms with Gasteiger partial charge in [0, 0.05) is 56.0 Å². The van der Waals surface area contributed by atoms with E-state index in [-0.39, 0.29) is 12.0 Å². The van der Waals surface area contributed by atoms with Crippen molar-refractivity contribution in [1.82, 2.24) is 24.6 Å². The van der Waals surface area contributed by atoms with E-state index in [4.69, 9.17) is 9.72 Å². The number of ether oxygens (including phenoxy) is 1. The van der Waals surface area contributed by atoms with Crippen molar-refractivity contribution in [3.05, 3.63) is 65.4 Å². The zero-order valence-electron chi connectivity index (χ0n) is 26.1. The highest BCUT2D eigenvalue weighted by atomic mass is 19.4. The van der Waals surface area contributed by atoms with Gasteiger partial charge in [0.05, 0.1) is 29.8 Å². The number of carbonyl (C=O) groups excluding carboxylic acids is 1. The van der Waals surface area contributed by atoms with Crippen LogP contribution < -0.4 is 10.6 Å². The van der Waals surface area contributed by atoms with Crippen molar-refractivity contribution in [3.63, 3.8) is 0 Å². The van der Waals surface area contributed by atoms with Gasteiger partial charge in [0.1, 0.15) is 0 Å². The first-order valence-corrected chi connectivity index (χ1v) is 15.3. The van der Waals surface area contributed by atoms with E-state index in [0.717, 1.165) is 85.1 Å². The maximum Gasteiger partial charge on any atom is 0.416 e. The zero-order valence-corrected chi connectivity index (χ0v) is 26.1. The molecule has 0 saturated heterocycles. The molecular weight excluding hydrogens is 583 g/mol. The standard InChI is InChI=1S/C33H40F3N7O2/c1-5-22-17-23(28-19-29(41-43(28)3)39-30(44)16-21-7-6-8-25(15-21)33(34,35)36)18-24-20-37-32(40-31(22)24)38-26-9-11-27(12-10-26)42(2)13-14-45-4/h6-8,15,17-20,26-27H,5,9-14,16H2,1-4H3,(H,37,38,40)(H,39,41,44). The molecule has 1 amide bonds. The number of amides is 1. The van der Waals surface area contributed by atoms with Gasteiger partial charge in [-0.05, 0) is 68.5 Å². The maximum atomic E-state index is 13.1. The van der Waals surface area contributed by atoms with E-state index in [2.05, 4.69) is 45.7 Å². The Bertz CT molecular complexity index is 1630. The number of rotatable bonds is 11. The molecule has 5 rings (SSSR count). The second-order valence-corrected chi connectivity index (χ2v) is 11.7. The van der Waals surface area contributed by atoms with Crippen LogP contribution in [0.2, 0.25) is 0 Å². The van der Waals surface area contributed by atoms with Gasteiger partial charge in [0.25, 0.3) is 0 Å². The van der Waals surface area contributed by atoms with Crippen molar-refractivity contribution >= 4 is 28.6 Å². The predicted octanol–water partition coefficient (Wildman–Crippen LogP) is 6.09. The van der Waals surface area contributed by atoms with Crippen molar-refractivity contribution in [2.45, 2.75) is 63.7 Å². The van der Waals surface area contributed by atoms with Gasteiger partial charge in [-0.25, -0.2) is 9.97 Å². The van der Waals surface area contributed by atoms with E-state index < -0.39 is 17.6 Å². The van der Waals surface area contributed by atoms with Crippen molar-refractivity contribution in [3.8, 4) is 11.3 Å². The number of halogens is 3. The van der Waals surface area contributed by atoms with Crippen molar-refractivity contribution < 1.29 is 22.7 Å². The molecular formula is C33H40F3N7O2. The molecule has 0 aliphatic heterocycles. The number of hydrogen-bond acceptors (Lipinski definition) is 7. The minimum absolute atomic E-state index is 0.202. The molecule has 45 heavy (non-hydrogen) atoms. The second kappa shape index (κ2) is 13.9. The third kappa shape index (κ3) is 7.98. The van der Waals surface area contributed by atoms with Gasteiger partial charge in [-0.15, -0.1) is 0 Å². The molecule has 2 aromatic heterocycles.